The van der Waals surface area contributed by atoms with E-state index in [9.17, 15) is 9.59 Å². The van der Waals surface area contributed by atoms with Crippen LogP contribution in [0, 0.1) is 5.92 Å². The van der Waals surface area contributed by atoms with Crippen molar-refractivity contribution in [3.8, 4) is 0 Å². The Balaban J connectivity index is 1.39. The van der Waals surface area contributed by atoms with E-state index in [2.05, 4.69) is 17.4 Å². The number of benzene rings is 1. The van der Waals surface area contributed by atoms with E-state index in [4.69, 9.17) is 4.42 Å². The summed E-state index contributed by atoms with van der Waals surface area (Å²) in [5.74, 6) is 0.265. The molecule has 5 nitrogen and oxygen atoms in total. The number of rotatable bonds is 4. The first-order chi connectivity index (χ1) is 13.0. The van der Waals surface area contributed by atoms with Gasteiger partial charge in [0.05, 0.1) is 12.7 Å². The fourth-order valence-corrected chi connectivity index (χ4v) is 4.35. The molecule has 4 rings (SSSR count). The molecule has 0 bridgehead atoms. The minimum absolute atomic E-state index is 0.0220. The molecule has 1 aliphatic heterocycles. The van der Waals surface area contributed by atoms with E-state index in [1.54, 1.807) is 6.26 Å². The number of hydrogen-bond donors (Lipinski definition) is 1. The number of carbonyl (C=O) groups is 2. The van der Waals surface area contributed by atoms with Crippen molar-refractivity contribution in [1.29, 1.82) is 0 Å². The number of fused-ring (bicyclic) bond motifs is 2. The normalized spacial score (nSPS) is 17.5. The Kier molecular flexibility index (Phi) is 4.94. The van der Waals surface area contributed by atoms with Crippen molar-refractivity contribution in [2.45, 2.75) is 58.4 Å². The molecular formula is C22H28N2O3. The first-order valence-corrected chi connectivity index (χ1v) is 10.1. The fraction of sp³-hybridized carbons (Fsp3) is 0.545. The third kappa shape index (κ3) is 3.73. The van der Waals surface area contributed by atoms with Gasteiger partial charge in [0, 0.05) is 36.0 Å². The molecular weight excluding hydrogens is 340 g/mol. The summed E-state index contributed by atoms with van der Waals surface area (Å²) in [6, 6.07) is 4.52. The number of amides is 2. The number of piperidine rings is 1. The van der Waals surface area contributed by atoms with E-state index in [1.807, 2.05) is 18.7 Å². The van der Waals surface area contributed by atoms with Gasteiger partial charge < -0.3 is 14.6 Å². The van der Waals surface area contributed by atoms with E-state index in [0.717, 1.165) is 42.2 Å². The van der Waals surface area contributed by atoms with E-state index in [0.29, 0.717) is 19.5 Å². The molecule has 2 aromatic rings. The maximum Gasteiger partial charge on any atom is 0.227 e. The molecule has 2 aliphatic rings. The zero-order valence-corrected chi connectivity index (χ0v) is 16.2. The number of carbonyl (C=O) groups excluding carboxylic acids is 2. The lowest BCUT2D eigenvalue weighted by Crippen LogP contribution is -2.44. The van der Waals surface area contributed by atoms with Gasteiger partial charge >= 0.3 is 0 Å². The highest BCUT2D eigenvalue weighted by Gasteiger charge is 2.28. The van der Waals surface area contributed by atoms with E-state index >= 15 is 0 Å². The molecule has 1 aromatic carbocycles. The molecule has 0 unspecified atom stereocenters. The Labute approximate surface area is 160 Å². The van der Waals surface area contributed by atoms with Crippen molar-refractivity contribution in [1.82, 2.24) is 10.2 Å². The summed E-state index contributed by atoms with van der Waals surface area (Å²) in [4.78, 5) is 26.8. The van der Waals surface area contributed by atoms with Crippen molar-refractivity contribution in [2.75, 3.05) is 13.1 Å². The average Bonchev–Trinajstić information content (AvgIpc) is 3.26. The largest absolute Gasteiger partial charge is 0.464 e. The summed E-state index contributed by atoms with van der Waals surface area (Å²) in [6.07, 6.45) is 7.04. The summed E-state index contributed by atoms with van der Waals surface area (Å²) in [5, 5.41) is 4.06. The fourth-order valence-electron chi connectivity index (χ4n) is 4.35. The topological polar surface area (TPSA) is 62.6 Å². The molecule has 144 valence electrons. The van der Waals surface area contributed by atoms with Gasteiger partial charge in [-0.05, 0) is 69.2 Å². The lowest BCUT2D eigenvalue weighted by atomic mass is 9.95. The van der Waals surface area contributed by atoms with Crippen LogP contribution >= 0.6 is 0 Å². The van der Waals surface area contributed by atoms with E-state index < -0.39 is 0 Å². The van der Waals surface area contributed by atoms with Crippen LogP contribution in [0.3, 0.4) is 0 Å². The van der Waals surface area contributed by atoms with Gasteiger partial charge in [-0.25, -0.2) is 0 Å². The van der Waals surface area contributed by atoms with Gasteiger partial charge in [-0.2, -0.15) is 0 Å². The van der Waals surface area contributed by atoms with Crippen LogP contribution in [0.25, 0.3) is 11.0 Å². The summed E-state index contributed by atoms with van der Waals surface area (Å²) in [7, 11) is 0. The molecule has 0 saturated carbocycles. The number of likely N-dealkylation sites (tertiary alicyclic amines) is 1. The van der Waals surface area contributed by atoms with Crippen molar-refractivity contribution < 1.29 is 14.0 Å². The molecule has 0 radical (unpaired) electrons. The third-order valence-corrected chi connectivity index (χ3v) is 5.86. The predicted molar refractivity (Wildman–Crippen MR) is 105 cm³/mol. The minimum Gasteiger partial charge on any atom is -0.464 e. The van der Waals surface area contributed by atoms with Gasteiger partial charge in [0.15, 0.2) is 0 Å². The number of furan rings is 1. The number of nitrogens with zero attached hydrogens (tertiary/aromatic N) is 1. The van der Waals surface area contributed by atoms with Crippen LogP contribution in [-0.4, -0.2) is 35.8 Å². The number of hydrogen-bond acceptors (Lipinski definition) is 3. The zero-order chi connectivity index (χ0) is 19.0. The number of aryl methyl sites for hydroxylation is 2. The maximum absolute atomic E-state index is 12.8. The quantitative estimate of drug-likeness (QED) is 0.901. The van der Waals surface area contributed by atoms with Crippen LogP contribution in [0.15, 0.2) is 22.8 Å². The van der Waals surface area contributed by atoms with Crippen molar-refractivity contribution in [2.24, 2.45) is 5.92 Å². The average molecular weight is 368 g/mol. The SMILES string of the molecule is CC(C)NC(=O)C1CCN(C(=O)Cc2coc3cc4c(cc23)CCC4)CC1. The van der Waals surface area contributed by atoms with Crippen LogP contribution in [0.2, 0.25) is 0 Å². The Hall–Kier alpha value is -2.30. The van der Waals surface area contributed by atoms with E-state index in [1.165, 1.54) is 17.5 Å². The van der Waals surface area contributed by atoms with Gasteiger partial charge in [-0.3, -0.25) is 9.59 Å². The van der Waals surface area contributed by atoms with Crippen LogP contribution in [0.4, 0.5) is 0 Å². The lowest BCUT2D eigenvalue weighted by molar-refractivity contribution is -0.135. The number of nitrogens with one attached hydrogen (secondary N) is 1. The summed E-state index contributed by atoms with van der Waals surface area (Å²) >= 11 is 0. The van der Waals surface area contributed by atoms with Crippen LogP contribution in [0.5, 0.6) is 0 Å². The monoisotopic (exact) mass is 368 g/mol. The highest BCUT2D eigenvalue weighted by atomic mass is 16.3. The second-order valence-corrected chi connectivity index (χ2v) is 8.23. The van der Waals surface area contributed by atoms with Gasteiger partial charge in [-0.1, -0.05) is 0 Å². The summed E-state index contributed by atoms with van der Waals surface area (Å²) in [5.41, 5.74) is 4.65. The predicted octanol–water partition coefficient (Wildman–Crippen LogP) is 3.23. The molecule has 1 fully saturated rings. The molecule has 1 aromatic heterocycles. The van der Waals surface area contributed by atoms with Gasteiger partial charge in [0.2, 0.25) is 11.8 Å². The highest BCUT2D eigenvalue weighted by molar-refractivity contribution is 5.89. The minimum atomic E-state index is 0.0220. The molecule has 2 heterocycles. The Morgan fingerprint density at radius 3 is 2.59 bits per heavy atom. The van der Waals surface area contributed by atoms with Gasteiger partial charge in [0.1, 0.15) is 5.58 Å². The first kappa shape index (κ1) is 18.1. The second-order valence-electron chi connectivity index (χ2n) is 8.23. The molecule has 2 amide bonds. The maximum atomic E-state index is 12.8. The van der Waals surface area contributed by atoms with Crippen LogP contribution in [0.1, 0.15) is 49.8 Å². The van der Waals surface area contributed by atoms with Crippen LogP contribution in [-0.2, 0) is 28.9 Å². The van der Waals surface area contributed by atoms with Crippen molar-refractivity contribution in [3.63, 3.8) is 0 Å². The van der Waals surface area contributed by atoms with E-state index in [-0.39, 0.29) is 23.8 Å². The van der Waals surface area contributed by atoms with Gasteiger partial charge in [-0.15, -0.1) is 0 Å². The molecule has 1 saturated heterocycles. The van der Waals surface area contributed by atoms with Crippen molar-refractivity contribution >= 4 is 22.8 Å². The molecule has 1 aliphatic carbocycles. The molecule has 0 atom stereocenters. The molecule has 27 heavy (non-hydrogen) atoms. The second kappa shape index (κ2) is 7.37. The Morgan fingerprint density at radius 1 is 1.19 bits per heavy atom. The van der Waals surface area contributed by atoms with Gasteiger partial charge in [0.25, 0.3) is 0 Å². The van der Waals surface area contributed by atoms with Crippen LogP contribution < -0.4 is 5.32 Å². The highest BCUT2D eigenvalue weighted by Crippen LogP contribution is 2.31. The lowest BCUT2D eigenvalue weighted by Gasteiger charge is -2.31. The van der Waals surface area contributed by atoms with Crippen molar-refractivity contribution in [3.05, 3.63) is 35.1 Å². The third-order valence-electron chi connectivity index (χ3n) is 5.86. The molecule has 1 N–H and O–H groups in total. The standard InChI is InChI=1S/C22H28N2O3/c1-14(2)23-22(26)15-6-8-24(9-7-15)21(25)12-18-13-27-20-11-17-5-3-4-16(17)10-19(18)20/h10-11,13-15H,3-9,12H2,1-2H3,(H,23,26). The Morgan fingerprint density at radius 2 is 1.89 bits per heavy atom. The smallest absolute Gasteiger partial charge is 0.227 e. The first-order valence-electron chi connectivity index (χ1n) is 10.1. The molecule has 5 heteroatoms. The zero-order valence-electron chi connectivity index (χ0n) is 16.2. The molecule has 0 spiro atoms. The summed E-state index contributed by atoms with van der Waals surface area (Å²) < 4.78 is 5.72. The Bertz CT molecular complexity index is 860. The summed E-state index contributed by atoms with van der Waals surface area (Å²) in [6.45, 7) is 5.25.